The molecule has 9 aromatic rings. The molecular weight excluding hydrogens is 552 g/mol. The summed E-state index contributed by atoms with van der Waals surface area (Å²) >= 11 is 0. The van der Waals surface area contributed by atoms with Gasteiger partial charge in [0.1, 0.15) is 11.2 Å². The van der Waals surface area contributed by atoms with Crippen LogP contribution in [-0.4, -0.2) is 19.9 Å². The lowest BCUT2D eigenvalue weighted by molar-refractivity contribution is 0.668. The van der Waals surface area contributed by atoms with Crippen LogP contribution in [0.5, 0.6) is 0 Å². The van der Waals surface area contributed by atoms with Crippen molar-refractivity contribution in [2.24, 2.45) is 0 Å². The smallest absolute Gasteiger partial charge is 0.164 e. The van der Waals surface area contributed by atoms with Crippen molar-refractivity contribution >= 4 is 43.5 Å². The van der Waals surface area contributed by atoms with Crippen LogP contribution in [0.25, 0.3) is 99.9 Å². The number of pyridine rings is 1. The first kappa shape index (κ1) is 24.3. The zero-order valence-electron chi connectivity index (χ0n) is 23.9. The van der Waals surface area contributed by atoms with Gasteiger partial charge in [-0.25, -0.2) is 15.0 Å². The van der Waals surface area contributed by atoms with Gasteiger partial charge in [0.05, 0.1) is 0 Å². The largest absolute Gasteiger partial charge is 0.456 e. The van der Waals surface area contributed by atoms with E-state index in [4.69, 9.17) is 19.4 Å². The fraction of sp³-hybridized carbons (Fsp3) is 0. The lowest BCUT2D eigenvalue weighted by Gasteiger charge is -2.11. The molecule has 1 aliphatic carbocycles. The van der Waals surface area contributed by atoms with Crippen LogP contribution in [0.1, 0.15) is 0 Å². The highest BCUT2D eigenvalue weighted by molar-refractivity contribution is 6.16. The van der Waals surface area contributed by atoms with E-state index in [1.165, 1.54) is 38.4 Å². The third-order valence-corrected chi connectivity index (χ3v) is 8.92. The Morgan fingerprint density at radius 1 is 0.422 bits per heavy atom. The molecule has 3 heterocycles. The topological polar surface area (TPSA) is 64.7 Å². The molecule has 10 rings (SSSR count). The Balaban J connectivity index is 1.26. The second-order valence-corrected chi connectivity index (χ2v) is 11.5. The fourth-order valence-corrected chi connectivity index (χ4v) is 6.89. The highest BCUT2D eigenvalue weighted by atomic mass is 16.3. The van der Waals surface area contributed by atoms with Gasteiger partial charge in [-0.15, -0.1) is 0 Å². The molecule has 0 spiro atoms. The lowest BCUT2D eigenvalue weighted by Crippen LogP contribution is -2.00. The average molecular weight is 575 g/mol. The molecule has 0 fully saturated rings. The third kappa shape index (κ3) is 3.61. The summed E-state index contributed by atoms with van der Waals surface area (Å²) in [6.07, 6.45) is 3.59. The maximum absolute atomic E-state index is 6.20. The van der Waals surface area contributed by atoms with Crippen LogP contribution in [-0.2, 0) is 0 Å². The first-order valence-electron chi connectivity index (χ1n) is 15.0. The lowest BCUT2D eigenvalue weighted by atomic mass is 9.99. The minimum atomic E-state index is 0.589. The summed E-state index contributed by atoms with van der Waals surface area (Å²) in [5.74, 6) is 1.83. The average Bonchev–Trinajstić information content (AvgIpc) is 3.65. The predicted molar refractivity (Wildman–Crippen MR) is 181 cm³/mol. The summed E-state index contributed by atoms with van der Waals surface area (Å²) in [5, 5.41) is 6.62. The van der Waals surface area contributed by atoms with E-state index in [-0.39, 0.29) is 0 Å². The maximum atomic E-state index is 6.20. The van der Waals surface area contributed by atoms with Gasteiger partial charge in [0.15, 0.2) is 17.5 Å². The van der Waals surface area contributed by atoms with Gasteiger partial charge in [0.25, 0.3) is 0 Å². The quantitative estimate of drug-likeness (QED) is 0.210. The summed E-state index contributed by atoms with van der Waals surface area (Å²) in [6, 6.07) is 42.2. The summed E-state index contributed by atoms with van der Waals surface area (Å²) in [5.41, 5.74) is 9.28. The molecule has 0 radical (unpaired) electrons. The van der Waals surface area contributed by atoms with E-state index in [0.29, 0.717) is 17.5 Å². The standard InChI is InChI=1S/C40H22N4O/c1-2-8-24-19-26(16-15-23(24)7-1)38-42-39(27-20-25-9-5-12-30-28-10-3-4-11-29(28)32(21-27)36(25)30)44-40(43-38)31-13-6-14-35-37(31)33-22-41-18-17-34(33)45-35/h1-22H. The number of rotatable bonds is 3. The molecule has 5 nitrogen and oxygen atoms in total. The van der Waals surface area contributed by atoms with Gasteiger partial charge in [-0.1, -0.05) is 91.0 Å². The minimum absolute atomic E-state index is 0.589. The minimum Gasteiger partial charge on any atom is -0.456 e. The second kappa shape index (κ2) is 9.15. The molecular formula is C40H22N4O. The molecule has 208 valence electrons. The highest BCUT2D eigenvalue weighted by Crippen LogP contribution is 2.48. The van der Waals surface area contributed by atoms with Crippen LogP contribution in [0.2, 0.25) is 0 Å². The Bertz CT molecular complexity index is 2670. The molecule has 0 saturated carbocycles. The van der Waals surface area contributed by atoms with Gasteiger partial charge >= 0.3 is 0 Å². The molecule has 45 heavy (non-hydrogen) atoms. The van der Waals surface area contributed by atoms with Crippen molar-refractivity contribution in [3.05, 3.63) is 134 Å². The molecule has 0 amide bonds. The van der Waals surface area contributed by atoms with E-state index >= 15 is 0 Å². The van der Waals surface area contributed by atoms with Crippen molar-refractivity contribution in [2.75, 3.05) is 0 Å². The molecule has 6 aromatic carbocycles. The van der Waals surface area contributed by atoms with Crippen LogP contribution in [0.3, 0.4) is 0 Å². The number of hydrogen-bond donors (Lipinski definition) is 0. The Morgan fingerprint density at radius 3 is 2.02 bits per heavy atom. The Hall–Kier alpha value is -6.20. The van der Waals surface area contributed by atoms with Gasteiger partial charge in [-0.2, -0.15) is 0 Å². The molecule has 0 unspecified atom stereocenters. The van der Waals surface area contributed by atoms with E-state index in [9.17, 15) is 0 Å². The first-order chi connectivity index (χ1) is 22.3. The Labute approximate surface area is 257 Å². The fourth-order valence-electron chi connectivity index (χ4n) is 6.89. The number of benzene rings is 6. The molecule has 3 aromatic heterocycles. The van der Waals surface area contributed by atoms with Gasteiger partial charge in [0, 0.05) is 39.9 Å². The summed E-state index contributed by atoms with van der Waals surface area (Å²) in [7, 11) is 0. The van der Waals surface area contributed by atoms with Crippen molar-refractivity contribution < 1.29 is 4.42 Å². The van der Waals surface area contributed by atoms with Gasteiger partial charge in [0.2, 0.25) is 0 Å². The van der Waals surface area contributed by atoms with Crippen LogP contribution >= 0.6 is 0 Å². The van der Waals surface area contributed by atoms with Crippen molar-refractivity contribution in [1.82, 2.24) is 19.9 Å². The molecule has 0 N–H and O–H groups in total. The van der Waals surface area contributed by atoms with Crippen molar-refractivity contribution in [2.45, 2.75) is 0 Å². The van der Waals surface area contributed by atoms with E-state index in [1.807, 2.05) is 24.4 Å². The normalized spacial score (nSPS) is 12.0. The first-order valence-corrected chi connectivity index (χ1v) is 15.0. The van der Waals surface area contributed by atoms with Crippen molar-refractivity contribution in [1.29, 1.82) is 0 Å². The van der Waals surface area contributed by atoms with E-state index in [2.05, 4.69) is 108 Å². The number of nitrogens with zero attached hydrogens (tertiary/aromatic N) is 4. The third-order valence-electron chi connectivity index (χ3n) is 8.92. The number of fused-ring (bicyclic) bond motifs is 7. The van der Waals surface area contributed by atoms with Gasteiger partial charge < -0.3 is 4.42 Å². The highest BCUT2D eigenvalue weighted by Gasteiger charge is 2.23. The van der Waals surface area contributed by atoms with Crippen LogP contribution < -0.4 is 0 Å². The molecule has 1 aliphatic rings. The number of furan rings is 1. The number of aromatic nitrogens is 4. The van der Waals surface area contributed by atoms with Gasteiger partial charge in [-0.3, -0.25) is 4.98 Å². The second-order valence-electron chi connectivity index (χ2n) is 11.5. The summed E-state index contributed by atoms with van der Waals surface area (Å²) in [6.45, 7) is 0. The van der Waals surface area contributed by atoms with Crippen molar-refractivity contribution in [3.63, 3.8) is 0 Å². The summed E-state index contributed by atoms with van der Waals surface area (Å²) in [4.78, 5) is 19.8. The van der Waals surface area contributed by atoms with Crippen LogP contribution in [0.15, 0.2) is 138 Å². The molecule has 0 aliphatic heterocycles. The van der Waals surface area contributed by atoms with Crippen LogP contribution in [0, 0.1) is 0 Å². The Morgan fingerprint density at radius 2 is 1.11 bits per heavy atom. The monoisotopic (exact) mass is 574 g/mol. The zero-order valence-corrected chi connectivity index (χ0v) is 23.9. The van der Waals surface area contributed by atoms with E-state index in [0.717, 1.165) is 44.0 Å². The van der Waals surface area contributed by atoms with Gasteiger partial charge in [-0.05, 0) is 74.1 Å². The zero-order chi connectivity index (χ0) is 29.5. The predicted octanol–water partition coefficient (Wildman–Crippen LogP) is 10.1. The maximum Gasteiger partial charge on any atom is 0.164 e. The van der Waals surface area contributed by atoms with E-state index in [1.54, 1.807) is 6.20 Å². The van der Waals surface area contributed by atoms with E-state index < -0.39 is 0 Å². The molecule has 0 saturated heterocycles. The number of hydrogen-bond acceptors (Lipinski definition) is 5. The van der Waals surface area contributed by atoms with Crippen LogP contribution in [0.4, 0.5) is 0 Å². The molecule has 0 bridgehead atoms. The van der Waals surface area contributed by atoms with Crippen molar-refractivity contribution in [3.8, 4) is 56.4 Å². The molecule has 0 atom stereocenters. The Kier molecular flexibility index (Phi) is 4.93. The molecule has 5 heteroatoms. The SMILES string of the molecule is c1ccc2c(c1)-c1cccc3cc(-c4nc(-c5ccc6ccccc6c5)nc(-c5cccc6oc7ccncc7c56)n4)cc-2c13. The summed E-state index contributed by atoms with van der Waals surface area (Å²) < 4.78 is 6.20.